The topological polar surface area (TPSA) is 62.9 Å². The van der Waals surface area contributed by atoms with Gasteiger partial charge in [0.2, 0.25) is 0 Å². The zero-order valence-electron chi connectivity index (χ0n) is 12.6. The fourth-order valence-electron chi connectivity index (χ4n) is 1.70. The molecule has 1 aromatic rings. The molecule has 114 valence electrons. The quantitative estimate of drug-likeness (QED) is 0.667. The zero-order chi connectivity index (χ0) is 14.8. The molecule has 5 nitrogen and oxygen atoms in total. The van der Waals surface area contributed by atoms with Crippen LogP contribution in [0.15, 0.2) is 18.2 Å². The lowest BCUT2D eigenvalue weighted by Gasteiger charge is -2.13. The van der Waals surface area contributed by atoms with Gasteiger partial charge in [0.25, 0.3) is 0 Å². The Kier molecular flexibility index (Phi) is 8.02. The van der Waals surface area contributed by atoms with E-state index in [-0.39, 0.29) is 6.04 Å². The van der Waals surface area contributed by atoms with Gasteiger partial charge in [-0.25, -0.2) is 0 Å². The van der Waals surface area contributed by atoms with E-state index in [0.29, 0.717) is 37.9 Å². The molecular formula is C15H25NO4. The van der Waals surface area contributed by atoms with Gasteiger partial charge in [0.15, 0.2) is 11.5 Å². The maximum atomic E-state index is 5.84. The van der Waals surface area contributed by atoms with Crippen LogP contribution in [0.25, 0.3) is 0 Å². The first-order chi connectivity index (χ1) is 9.69. The van der Waals surface area contributed by atoms with Crippen LogP contribution in [0.2, 0.25) is 0 Å². The number of benzene rings is 1. The van der Waals surface area contributed by atoms with Gasteiger partial charge in [0, 0.05) is 26.4 Å². The van der Waals surface area contributed by atoms with Gasteiger partial charge in [-0.1, -0.05) is 6.07 Å². The molecule has 0 aliphatic carbocycles. The fraction of sp³-hybridized carbons (Fsp3) is 0.600. The van der Waals surface area contributed by atoms with Gasteiger partial charge < -0.3 is 24.7 Å². The van der Waals surface area contributed by atoms with E-state index < -0.39 is 0 Å². The highest BCUT2D eigenvalue weighted by atomic mass is 16.5. The zero-order valence-corrected chi connectivity index (χ0v) is 12.6. The fourth-order valence-corrected chi connectivity index (χ4v) is 1.70. The largest absolute Gasteiger partial charge is 0.493 e. The summed E-state index contributed by atoms with van der Waals surface area (Å²) in [6.07, 6.45) is 0.892. The molecule has 0 fully saturated rings. The van der Waals surface area contributed by atoms with Crippen molar-refractivity contribution >= 4 is 0 Å². The average Bonchev–Trinajstić information content (AvgIpc) is 2.46. The summed E-state index contributed by atoms with van der Waals surface area (Å²) >= 11 is 0. The second-order valence-electron chi connectivity index (χ2n) is 4.51. The summed E-state index contributed by atoms with van der Waals surface area (Å²) in [5.74, 6) is 1.40. The maximum absolute atomic E-state index is 5.84. The molecule has 5 heteroatoms. The van der Waals surface area contributed by atoms with Crippen molar-refractivity contribution in [3.63, 3.8) is 0 Å². The minimum absolute atomic E-state index is 0.0259. The van der Waals surface area contributed by atoms with Crippen LogP contribution in [0.4, 0.5) is 0 Å². The van der Waals surface area contributed by atoms with E-state index >= 15 is 0 Å². The SMILES string of the molecule is COCCCOCCOc1ccc(C(C)N)cc1OC. The number of hydrogen-bond acceptors (Lipinski definition) is 5. The van der Waals surface area contributed by atoms with Crippen LogP contribution < -0.4 is 15.2 Å². The third-order valence-electron chi connectivity index (χ3n) is 2.84. The molecule has 20 heavy (non-hydrogen) atoms. The van der Waals surface area contributed by atoms with Gasteiger partial charge >= 0.3 is 0 Å². The Morgan fingerprint density at radius 3 is 2.50 bits per heavy atom. The van der Waals surface area contributed by atoms with Gasteiger partial charge in [-0.2, -0.15) is 0 Å². The van der Waals surface area contributed by atoms with Gasteiger partial charge in [-0.3, -0.25) is 0 Å². The molecule has 2 N–H and O–H groups in total. The normalized spacial score (nSPS) is 12.2. The van der Waals surface area contributed by atoms with Crippen molar-refractivity contribution in [3.05, 3.63) is 23.8 Å². The summed E-state index contributed by atoms with van der Waals surface area (Å²) in [7, 11) is 3.30. The lowest BCUT2D eigenvalue weighted by atomic mass is 10.1. The highest BCUT2D eigenvalue weighted by Gasteiger charge is 2.07. The van der Waals surface area contributed by atoms with Crippen molar-refractivity contribution in [2.45, 2.75) is 19.4 Å². The molecule has 1 rings (SSSR count). The molecular weight excluding hydrogens is 258 g/mol. The minimum Gasteiger partial charge on any atom is -0.493 e. The van der Waals surface area contributed by atoms with E-state index in [2.05, 4.69) is 0 Å². The molecule has 0 spiro atoms. The molecule has 0 heterocycles. The van der Waals surface area contributed by atoms with Crippen LogP contribution in [-0.4, -0.2) is 40.6 Å². The van der Waals surface area contributed by atoms with E-state index in [1.54, 1.807) is 14.2 Å². The average molecular weight is 283 g/mol. The van der Waals surface area contributed by atoms with Gasteiger partial charge in [-0.05, 0) is 31.0 Å². The lowest BCUT2D eigenvalue weighted by molar-refractivity contribution is 0.0799. The summed E-state index contributed by atoms with van der Waals surface area (Å²) in [6, 6.07) is 5.70. The first kappa shape index (κ1) is 16.8. The lowest BCUT2D eigenvalue weighted by Crippen LogP contribution is -2.10. The third kappa shape index (κ3) is 5.77. The Balaban J connectivity index is 2.36. The standard InChI is InChI=1S/C15H25NO4/c1-12(16)13-5-6-14(15(11-13)18-3)20-10-9-19-8-4-7-17-2/h5-6,11-12H,4,7-10,16H2,1-3H3. The summed E-state index contributed by atoms with van der Waals surface area (Å²) in [5.41, 5.74) is 6.86. The van der Waals surface area contributed by atoms with E-state index in [4.69, 9.17) is 24.7 Å². The van der Waals surface area contributed by atoms with Gasteiger partial charge in [0.05, 0.1) is 13.7 Å². The summed E-state index contributed by atoms with van der Waals surface area (Å²) in [6.45, 7) is 4.36. The Bertz CT molecular complexity index is 382. The smallest absolute Gasteiger partial charge is 0.161 e. The molecule has 1 aromatic carbocycles. The molecule has 0 bridgehead atoms. The van der Waals surface area contributed by atoms with Gasteiger partial charge in [-0.15, -0.1) is 0 Å². The van der Waals surface area contributed by atoms with Gasteiger partial charge in [0.1, 0.15) is 6.61 Å². The number of rotatable bonds is 10. The highest BCUT2D eigenvalue weighted by molar-refractivity contribution is 5.43. The molecule has 1 atom stereocenters. The molecule has 0 saturated carbocycles. The monoisotopic (exact) mass is 283 g/mol. The number of nitrogens with two attached hydrogens (primary N) is 1. The van der Waals surface area contributed by atoms with Crippen molar-refractivity contribution < 1.29 is 18.9 Å². The van der Waals surface area contributed by atoms with Crippen molar-refractivity contribution in [1.29, 1.82) is 0 Å². The van der Waals surface area contributed by atoms with E-state index in [1.807, 2.05) is 25.1 Å². The summed E-state index contributed by atoms with van der Waals surface area (Å²) in [4.78, 5) is 0. The maximum Gasteiger partial charge on any atom is 0.161 e. The molecule has 0 amide bonds. The van der Waals surface area contributed by atoms with Crippen LogP contribution in [0.1, 0.15) is 24.9 Å². The summed E-state index contributed by atoms with van der Waals surface area (Å²) < 4.78 is 21.3. The summed E-state index contributed by atoms with van der Waals surface area (Å²) in [5, 5.41) is 0. The molecule has 0 saturated heterocycles. The molecule has 0 radical (unpaired) electrons. The number of ether oxygens (including phenoxy) is 4. The van der Waals surface area contributed by atoms with Crippen LogP contribution in [0, 0.1) is 0 Å². The highest BCUT2D eigenvalue weighted by Crippen LogP contribution is 2.29. The predicted octanol–water partition coefficient (Wildman–Crippen LogP) is 2.15. The van der Waals surface area contributed by atoms with Crippen molar-refractivity contribution in [1.82, 2.24) is 0 Å². The Morgan fingerprint density at radius 2 is 1.85 bits per heavy atom. The van der Waals surface area contributed by atoms with E-state index in [1.165, 1.54) is 0 Å². The minimum atomic E-state index is -0.0259. The van der Waals surface area contributed by atoms with E-state index in [9.17, 15) is 0 Å². The molecule has 1 unspecified atom stereocenters. The first-order valence-electron chi connectivity index (χ1n) is 6.82. The third-order valence-corrected chi connectivity index (χ3v) is 2.84. The Labute approximate surface area is 121 Å². The van der Waals surface area contributed by atoms with Crippen molar-refractivity contribution in [3.8, 4) is 11.5 Å². The van der Waals surface area contributed by atoms with Crippen LogP contribution >= 0.6 is 0 Å². The van der Waals surface area contributed by atoms with Crippen molar-refractivity contribution in [2.24, 2.45) is 5.73 Å². The molecule has 0 aliphatic rings. The first-order valence-corrected chi connectivity index (χ1v) is 6.82. The number of hydrogen-bond donors (Lipinski definition) is 1. The number of methoxy groups -OCH3 is 2. The van der Waals surface area contributed by atoms with Crippen molar-refractivity contribution in [2.75, 3.05) is 40.6 Å². The van der Waals surface area contributed by atoms with Crippen LogP contribution in [-0.2, 0) is 9.47 Å². The van der Waals surface area contributed by atoms with Crippen LogP contribution in [0.5, 0.6) is 11.5 Å². The van der Waals surface area contributed by atoms with E-state index in [0.717, 1.165) is 12.0 Å². The molecule has 0 aromatic heterocycles. The second kappa shape index (κ2) is 9.58. The Hall–Kier alpha value is -1.30. The second-order valence-corrected chi connectivity index (χ2v) is 4.51. The predicted molar refractivity (Wildman–Crippen MR) is 78.4 cm³/mol. The molecule has 0 aliphatic heterocycles. The Morgan fingerprint density at radius 1 is 1.05 bits per heavy atom. The van der Waals surface area contributed by atoms with Crippen LogP contribution in [0.3, 0.4) is 0 Å².